The van der Waals surface area contributed by atoms with Gasteiger partial charge in [-0.15, -0.1) is 0 Å². The molecule has 0 bridgehead atoms. The molecule has 0 aliphatic carbocycles. The Morgan fingerprint density at radius 1 is 0.648 bits per heavy atom. The third kappa shape index (κ3) is 9.09. The lowest BCUT2D eigenvalue weighted by Crippen LogP contribution is -2.54. The number of aliphatic hydroxyl groups is 2. The van der Waals surface area contributed by atoms with E-state index < -0.39 is 68.3 Å². The highest BCUT2D eigenvalue weighted by Gasteiger charge is 2.54. The quantitative estimate of drug-likeness (QED) is 0.0988. The van der Waals surface area contributed by atoms with Crippen LogP contribution in [0.2, 0.25) is 0 Å². The predicted molar refractivity (Wildman–Crippen MR) is 202 cm³/mol. The molecule has 2 aromatic rings. The van der Waals surface area contributed by atoms with Gasteiger partial charge in [0.25, 0.3) is 40.5 Å². The number of benzene rings is 2. The van der Waals surface area contributed by atoms with E-state index in [0.717, 1.165) is 0 Å². The number of hydrogen-bond donors (Lipinski definition) is 6. The van der Waals surface area contributed by atoms with Crippen LogP contribution >= 0.6 is 0 Å². The van der Waals surface area contributed by atoms with E-state index in [-0.39, 0.29) is 61.8 Å². The molecule has 0 aromatic heterocycles. The summed E-state index contributed by atoms with van der Waals surface area (Å²) in [5, 5.41) is 20.0. The molecule has 6 N–H and O–H groups in total. The van der Waals surface area contributed by atoms with Crippen molar-refractivity contribution >= 4 is 51.8 Å². The zero-order chi connectivity index (χ0) is 40.5. The van der Waals surface area contributed by atoms with Gasteiger partial charge < -0.3 is 20.0 Å². The summed E-state index contributed by atoms with van der Waals surface area (Å²) in [6, 6.07) is 8.01. The van der Waals surface area contributed by atoms with Gasteiger partial charge in [0.05, 0.1) is 40.0 Å². The molecule has 2 aliphatic heterocycles. The second-order valence-electron chi connectivity index (χ2n) is 13.9. The average molecular weight is 835 g/mol. The molecule has 16 nitrogen and oxygen atoms in total. The first-order chi connectivity index (χ1) is 24.8. The number of fused-ring (bicyclic) bond motifs is 2. The number of rotatable bonds is 17. The topological polar surface area (TPSA) is 264 Å². The highest BCUT2D eigenvalue weighted by atomic mass is 32.2. The number of β-amino-alcohol motifs (C(OH)–C–C–N with tert-alkyl or cyclic N) is 2. The molecule has 0 saturated heterocycles. The summed E-state index contributed by atoms with van der Waals surface area (Å²) < 4.78 is 133. The van der Waals surface area contributed by atoms with Crippen LogP contribution in [0.25, 0.3) is 0 Å². The maximum Gasteiger partial charge on any atom is 0.294 e. The Balaban J connectivity index is 1.81. The molecule has 300 valence electrons. The predicted octanol–water partition coefficient (Wildman–Crippen LogP) is 3.11. The van der Waals surface area contributed by atoms with E-state index >= 15 is 0 Å². The van der Waals surface area contributed by atoms with E-state index in [1.54, 1.807) is 49.1 Å². The van der Waals surface area contributed by atoms with Crippen LogP contribution in [0.5, 0.6) is 0 Å². The third-order valence-corrected chi connectivity index (χ3v) is 13.8. The maximum atomic E-state index is 12.1. The largest absolute Gasteiger partial charge is 0.395 e. The van der Waals surface area contributed by atoms with Crippen molar-refractivity contribution in [3.63, 3.8) is 0 Å². The molecule has 0 radical (unpaired) electrons. The van der Waals surface area contributed by atoms with Crippen LogP contribution in [0.1, 0.15) is 57.6 Å². The highest BCUT2D eigenvalue weighted by molar-refractivity contribution is 7.86. The van der Waals surface area contributed by atoms with E-state index in [0.29, 0.717) is 28.2 Å². The fraction of sp³-hybridized carbons (Fsp3) is 0.471. The molecule has 0 amide bonds. The molecule has 54 heavy (non-hydrogen) atoms. The summed E-state index contributed by atoms with van der Waals surface area (Å²) >= 11 is 0. The Bertz CT molecular complexity index is 2290. The van der Waals surface area contributed by atoms with Crippen molar-refractivity contribution < 1.29 is 62.1 Å². The summed E-state index contributed by atoms with van der Waals surface area (Å²) in [5.74, 6) is -1.13. The summed E-state index contributed by atoms with van der Waals surface area (Å²) in [5.41, 5.74) is -0.627. The Labute approximate surface area is 316 Å². The number of hydrogen-bond acceptors (Lipinski definition) is 12. The molecular formula is C34H46N2O14S4. The molecule has 3 unspecified atom stereocenters. The molecule has 2 heterocycles. The fourth-order valence-corrected chi connectivity index (χ4v) is 9.79. The van der Waals surface area contributed by atoms with E-state index in [4.69, 9.17) is 0 Å². The smallest absolute Gasteiger partial charge is 0.294 e. The van der Waals surface area contributed by atoms with Crippen LogP contribution < -0.4 is 9.80 Å². The maximum absolute atomic E-state index is 12.1. The van der Waals surface area contributed by atoms with Gasteiger partial charge in [0.15, 0.2) is 0 Å². The molecule has 2 aromatic carbocycles. The van der Waals surface area contributed by atoms with Crippen molar-refractivity contribution in [2.24, 2.45) is 0 Å². The molecule has 20 heteroatoms. The molecule has 0 spiro atoms. The Kier molecular flexibility index (Phi) is 12.7. The van der Waals surface area contributed by atoms with E-state index in [1.165, 1.54) is 36.4 Å². The Morgan fingerprint density at radius 2 is 1.17 bits per heavy atom. The normalized spacial score (nSPS) is 24.3. The summed E-state index contributed by atoms with van der Waals surface area (Å²) in [7, 11) is -17.9. The minimum atomic E-state index is -4.62. The van der Waals surface area contributed by atoms with Crippen LogP contribution in [0.3, 0.4) is 0 Å². The first kappa shape index (κ1) is 43.5. The third-order valence-electron chi connectivity index (χ3n) is 10.5. The lowest BCUT2D eigenvalue weighted by molar-refractivity contribution is 0.261. The SMILES string of the molecule is CC1(CCCS(=O)(=O)O)\C(=C/C=C/C=C/C2(C)N(CCO)c3ccc(S(=O)(=O)O)cc3C2(C)CCCS(=O)(=O)O)N(CCO)c2ccc(S(=O)(=O)O)cc21. The van der Waals surface area contributed by atoms with Gasteiger partial charge in [-0.25, -0.2) is 0 Å². The Hall–Kier alpha value is -3.18. The van der Waals surface area contributed by atoms with Crippen LogP contribution in [0.4, 0.5) is 11.4 Å². The molecule has 0 fully saturated rings. The lowest BCUT2D eigenvalue weighted by Gasteiger charge is -2.45. The molecule has 2 aliphatic rings. The Morgan fingerprint density at radius 3 is 1.69 bits per heavy atom. The molecule has 4 rings (SSSR count). The van der Waals surface area contributed by atoms with E-state index in [1.807, 2.05) is 11.8 Å². The number of allylic oxidation sites excluding steroid dienone is 5. The van der Waals surface area contributed by atoms with Crippen LogP contribution in [-0.4, -0.2) is 105 Å². The first-order valence-corrected chi connectivity index (χ1v) is 22.9. The van der Waals surface area contributed by atoms with Crippen molar-refractivity contribution in [2.45, 2.75) is 72.6 Å². The lowest BCUT2D eigenvalue weighted by atomic mass is 9.67. The van der Waals surface area contributed by atoms with Gasteiger partial charge in [-0.3, -0.25) is 18.2 Å². The van der Waals surface area contributed by atoms with Gasteiger partial charge >= 0.3 is 0 Å². The van der Waals surface area contributed by atoms with Crippen LogP contribution in [0, 0.1) is 0 Å². The van der Waals surface area contributed by atoms with Crippen LogP contribution in [-0.2, 0) is 51.3 Å². The number of aliphatic hydroxyl groups excluding tert-OH is 2. The second-order valence-corrected chi connectivity index (χ2v) is 19.9. The van der Waals surface area contributed by atoms with Gasteiger partial charge in [0.1, 0.15) is 0 Å². The minimum absolute atomic E-state index is 0.0140. The average Bonchev–Trinajstić information content (AvgIpc) is 3.37. The highest BCUT2D eigenvalue weighted by Crippen LogP contribution is 2.55. The standard InChI is InChI=1S/C34H46N2O14S4/c1-32(14-7-21-51(39,40)41)27-23-25(53(45,46)47)10-12-29(27)35(17-19-37)31(32)9-5-4-6-16-34(3)33(2,15-8-22-52(42,43)44)28-24-26(54(48,49)50)11-13-30(28)36(34)18-20-38/h4-6,9-13,16,23-24,37-38H,7-8,14-15,17-22H2,1-3H3,(H,39,40,41)(H,42,43,44)(H,45,46,47)(H,48,49,50)/b5-4+,16-6+,31-9+. The van der Waals surface area contributed by atoms with Gasteiger partial charge in [0, 0.05) is 41.0 Å². The first-order valence-electron chi connectivity index (χ1n) is 16.8. The van der Waals surface area contributed by atoms with Crippen LogP contribution in [0.15, 0.2) is 82.3 Å². The van der Waals surface area contributed by atoms with Crippen molar-refractivity contribution in [3.05, 3.63) is 83.6 Å². The molecule has 0 saturated carbocycles. The summed E-state index contributed by atoms with van der Waals surface area (Å²) in [6.07, 6.45) is 8.69. The second kappa shape index (κ2) is 15.8. The fourth-order valence-electron chi connectivity index (χ4n) is 7.75. The zero-order valence-electron chi connectivity index (χ0n) is 29.9. The molecular weight excluding hydrogens is 789 g/mol. The zero-order valence-corrected chi connectivity index (χ0v) is 33.2. The van der Waals surface area contributed by atoms with E-state index in [2.05, 4.69) is 0 Å². The molecule has 3 atom stereocenters. The van der Waals surface area contributed by atoms with Crippen molar-refractivity contribution in [1.82, 2.24) is 0 Å². The number of nitrogens with zero attached hydrogens (tertiary/aromatic N) is 2. The van der Waals surface area contributed by atoms with Gasteiger partial charge in [-0.05, 0) is 93.1 Å². The van der Waals surface area contributed by atoms with Gasteiger partial charge in [-0.1, -0.05) is 31.2 Å². The van der Waals surface area contributed by atoms with Gasteiger partial charge in [0.2, 0.25) is 0 Å². The van der Waals surface area contributed by atoms with Crippen molar-refractivity contribution in [2.75, 3.05) is 47.6 Å². The minimum Gasteiger partial charge on any atom is -0.395 e. The summed E-state index contributed by atoms with van der Waals surface area (Å²) in [6.45, 7) is 4.91. The monoisotopic (exact) mass is 834 g/mol. The number of anilines is 2. The van der Waals surface area contributed by atoms with E-state index in [9.17, 15) is 62.1 Å². The van der Waals surface area contributed by atoms with Crippen molar-refractivity contribution in [3.8, 4) is 0 Å². The van der Waals surface area contributed by atoms with Crippen molar-refractivity contribution in [1.29, 1.82) is 0 Å². The summed E-state index contributed by atoms with van der Waals surface area (Å²) in [4.78, 5) is 2.82. The van der Waals surface area contributed by atoms with Gasteiger partial charge in [-0.2, -0.15) is 33.7 Å².